The monoisotopic (exact) mass is 328 g/mol. The van der Waals surface area contributed by atoms with Crippen molar-refractivity contribution < 1.29 is 24.2 Å². The zero-order chi connectivity index (χ0) is 17.3. The van der Waals surface area contributed by atoms with E-state index in [9.17, 15) is 14.4 Å². The summed E-state index contributed by atoms with van der Waals surface area (Å²) in [5.41, 5.74) is 2.16. The van der Waals surface area contributed by atoms with E-state index in [-0.39, 0.29) is 17.7 Å². The van der Waals surface area contributed by atoms with E-state index < -0.39 is 12.6 Å². The second-order valence-electron chi connectivity index (χ2n) is 5.70. The Hall–Kier alpha value is -2.96. The van der Waals surface area contributed by atoms with Gasteiger partial charge < -0.3 is 9.84 Å². The second-order valence-corrected chi connectivity index (χ2v) is 5.70. The van der Waals surface area contributed by atoms with Crippen molar-refractivity contribution in [2.75, 3.05) is 6.61 Å². The van der Waals surface area contributed by atoms with Crippen LogP contribution < -0.4 is 10.1 Å². The Morgan fingerprint density at radius 2 is 2.17 bits per heavy atom. The number of carboxylic acid groups (broad SMARTS) is 1. The number of piperidine rings is 1. The third-order valence-electron chi connectivity index (χ3n) is 4.00. The van der Waals surface area contributed by atoms with Crippen molar-refractivity contribution in [3.63, 3.8) is 0 Å². The van der Waals surface area contributed by atoms with Gasteiger partial charge in [-0.3, -0.25) is 19.9 Å². The number of carbonyl (C=O) groups excluding carboxylic acids is 2. The molecule has 1 unspecified atom stereocenters. The lowest BCUT2D eigenvalue weighted by molar-refractivity contribution is -0.139. The molecule has 7 nitrogen and oxygen atoms in total. The van der Waals surface area contributed by atoms with Gasteiger partial charge in [-0.1, -0.05) is 0 Å². The Labute approximate surface area is 137 Å². The maximum atomic E-state index is 12.1. The molecular weight excluding hydrogens is 312 g/mol. The fourth-order valence-corrected chi connectivity index (χ4v) is 2.84. The molecule has 1 aromatic carbocycles. The normalized spacial score (nSPS) is 17.6. The number of fused-ring (bicyclic) bond motifs is 1. The fraction of sp³-hybridized carbons (Fsp3) is 0.294. The van der Waals surface area contributed by atoms with Gasteiger partial charge in [-0.25, -0.2) is 4.79 Å². The number of nitrogens with zero attached hydrogens (tertiary/aromatic N) is 1. The second kappa shape index (κ2) is 6.27. The molecular formula is C17H16N2O5. The number of aliphatic carboxylic acids is 1. The van der Waals surface area contributed by atoms with Crippen molar-refractivity contribution >= 4 is 28.7 Å². The van der Waals surface area contributed by atoms with Gasteiger partial charge in [0.05, 0.1) is 11.4 Å². The average molecular weight is 328 g/mol. The summed E-state index contributed by atoms with van der Waals surface area (Å²) in [5, 5.41) is 11.8. The number of aromatic nitrogens is 1. The molecule has 2 aromatic rings. The van der Waals surface area contributed by atoms with Crippen LogP contribution >= 0.6 is 0 Å². The Morgan fingerprint density at radius 1 is 1.38 bits per heavy atom. The molecule has 0 aliphatic carbocycles. The minimum Gasteiger partial charge on any atom is -0.482 e. The average Bonchev–Trinajstić information content (AvgIpc) is 2.52. The Kier molecular flexibility index (Phi) is 4.16. The lowest BCUT2D eigenvalue weighted by Gasteiger charge is -2.22. The highest BCUT2D eigenvalue weighted by atomic mass is 16.5. The third-order valence-corrected chi connectivity index (χ3v) is 4.00. The van der Waals surface area contributed by atoms with Crippen molar-refractivity contribution in [1.82, 2.24) is 10.3 Å². The van der Waals surface area contributed by atoms with Crippen LogP contribution in [0.5, 0.6) is 5.75 Å². The number of hydrogen-bond acceptors (Lipinski definition) is 5. The van der Waals surface area contributed by atoms with Crippen LogP contribution in [0, 0.1) is 6.92 Å². The number of rotatable bonds is 4. The summed E-state index contributed by atoms with van der Waals surface area (Å²) >= 11 is 0. The van der Waals surface area contributed by atoms with E-state index in [0.717, 1.165) is 10.9 Å². The highest BCUT2D eigenvalue weighted by Crippen LogP contribution is 2.30. The van der Waals surface area contributed by atoms with Gasteiger partial charge in [-0.15, -0.1) is 0 Å². The Balaban J connectivity index is 1.93. The highest BCUT2D eigenvalue weighted by molar-refractivity contribution is 6.01. The Bertz CT molecular complexity index is 846. The van der Waals surface area contributed by atoms with Crippen molar-refractivity contribution in [3.8, 4) is 5.75 Å². The number of nitrogens with one attached hydrogen (secondary N) is 1. The molecule has 1 aromatic heterocycles. The number of ether oxygens (including phenoxy) is 1. The molecule has 24 heavy (non-hydrogen) atoms. The van der Waals surface area contributed by atoms with Gasteiger partial charge in [0.15, 0.2) is 6.61 Å². The zero-order valence-electron chi connectivity index (χ0n) is 13.0. The van der Waals surface area contributed by atoms with Gasteiger partial charge in [0.2, 0.25) is 11.8 Å². The van der Waals surface area contributed by atoms with Crippen LogP contribution in [0.25, 0.3) is 10.9 Å². The topological polar surface area (TPSA) is 106 Å². The molecule has 2 heterocycles. The molecule has 1 atom stereocenters. The van der Waals surface area contributed by atoms with E-state index in [2.05, 4.69) is 10.3 Å². The molecule has 124 valence electrons. The Morgan fingerprint density at radius 3 is 2.88 bits per heavy atom. The highest BCUT2D eigenvalue weighted by Gasteiger charge is 2.29. The van der Waals surface area contributed by atoms with Crippen LogP contribution in [-0.2, 0) is 14.4 Å². The summed E-state index contributed by atoms with van der Waals surface area (Å²) < 4.78 is 5.15. The predicted molar refractivity (Wildman–Crippen MR) is 84.7 cm³/mol. The first-order valence-electron chi connectivity index (χ1n) is 7.53. The molecule has 1 saturated heterocycles. The van der Waals surface area contributed by atoms with E-state index in [0.29, 0.717) is 29.8 Å². The quantitative estimate of drug-likeness (QED) is 0.825. The fourth-order valence-electron chi connectivity index (χ4n) is 2.84. The molecule has 1 aliphatic heterocycles. The van der Waals surface area contributed by atoms with E-state index in [4.69, 9.17) is 9.84 Å². The molecule has 3 rings (SSSR count). The number of aryl methyl sites for hydroxylation is 1. The molecule has 1 fully saturated rings. The number of pyridine rings is 1. The van der Waals surface area contributed by atoms with Gasteiger partial charge in [-0.2, -0.15) is 0 Å². The molecule has 0 spiro atoms. The van der Waals surface area contributed by atoms with E-state index in [1.54, 1.807) is 18.2 Å². The third kappa shape index (κ3) is 3.19. The first-order chi connectivity index (χ1) is 11.4. The van der Waals surface area contributed by atoms with Crippen LogP contribution in [0.4, 0.5) is 0 Å². The molecule has 0 bridgehead atoms. The number of amides is 2. The molecule has 2 N–H and O–H groups in total. The van der Waals surface area contributed by atoms with E-state index in [1.807, 2.05) is 13.0 Å². The largest absolute Gasteiger partial charge is 0.482 e. The first kappa shape index (κ1) is 15.9. The van der Waals surface area contributed by atoms with Crippen LogP contribution in [0.15, 0.2) is 24.3 Å². The molecule has 1 aliphatic rings. The van der Waals surface area contributed by atoms with Gasteiger partial charge in [0.1, 0.15) is 5.75 Å². The summed E-state index contributed by atoms with van der Waals surface area (Å²) in [4.78, 5) is 38.4. The number of hydrogen-bond donors (Lipinski definition) is 2. The first-order valence-corrected chi connectivity index (χ1v) is 7.53. The molecule has 0 radical (unpaired) electrons. The maximum Gasteiger partial charge on any atom is 0.341 e. The van der Waals surface area contributed by atoms with Gasteiger partial charge >= 0.3 is 5.97 Å². The van der Waals surface area contributed by atoms with Crippen molar-refractivity contribution in [2.24, 2.45) is 0 Å². The van der Waals surface area contributed by atoms with Crippen molar-refractivity contribution in [2.45, 2.75) is 25.7 Å². The van der Waals surface area contributed by atoms with E-state index in [1.165, 1.54) is 0 Å². The van der Waals surface area contributed by atoms with Gasteiger partial charge in [-0.05, 0) is 37.1 Å². The lowest BCUT2D eigenvalue weighted by atomic mass is 9.89. The summed E-state index contributed by atoms with van der Waals surface area (Å²) in [6, 6.07) is 6.99. The lowest BCUT2D eigenvalue weighted by Crippen LogP contribution is -2.39. The number of carboxylic acids is 1. The SMILES string of the molecule is Cc1nc2cc(OCC(=O)O)ccc2cc1C1CCC(=O)NC1=O. The molecule has 7 heteroatoms. The van der Waals surface area contributed by atoms with Crippen molar-refractivity contribution in [3.05, 3.63) is 35.5 Å². The summed E-state index contributed by atoms with van der Waals surface area (Å²) in [6.07, 6.45) is 0.786. The van der Waals surface area contributed by atoms with Crippen LogP contribution in [0.1, 0.15) is 30.0 Å². The molecule has 0 saturated carbocycles. The maximum absolute atomic E-state index is 12.1. The predicted octanol–water partition coefficient (Wildman–Crippen LogP) is 1.53. The minimum atomic E-state index is -1.05. The summed E-state index contributed by atoms with van der Waals surface area (Å²) in [7, 11) is 0. The van der Waals surface area contributed by atoms with Crippen LogP contribution in [0.2, 0.25) is 0 Å². The smallest absolute Gasteiger partial charge is 0.341 e. The van der Waals surface area contributed by atoms with Crippen LogP contribution in [-0.4, -0.2) is 34.5 Å². The van der Waals surface area contributed by atoms with Gasteiger partial charge in [0.25, 0.3) is 0 Å². The van der Waals surface area contributed by atoms with E-state index >= 15 is 0 Å². The minimum absolute atomic E-state index is 0.247. The van der Waals surface area contributed by atoms with Crippen molar-refractivity contribution in [1.29, 1.82) is 0 Å². The summed E-state index contributed by atoms with van der Waals surface area (Å²) in [5.74, 6) is -1.56. The zero-order valence-corrected chi connectivity index (χ0v) is 13.0. The standard InChI is InChI=1S/C17H16N2O5/c1-9-13(12-4-5-15(20)19-17(12)23)6-10-2-3-11(7-14(10)18-9)24-8-16(21)22/h2-3,6-7,12H,4-5,8H2,1H3,(H,21,22)(H,19,20,23). The van der Waals surface area contributed by atoms with Crippen LogP contribution in [0.3, 0.4) is 0 Å². The summed E-state index contributed by atoms with van der Waals surface area (Å²) in [6.45, 7) is 1.39. The number of imide groups is 1. The number of carbonyl (C=O) groups is 3. The van der Waals surface area contributed by atoms with Gasteiger partial charge in [0, 0.05) is 23.6 Å². The number of benzene rings is 1. The molecule has 2 amide bonds.